The van der Waals surface area contributed by atoms with Gasteiger partial charge in [-0.05, 0) is 55.9 Å². The minimum atomic E-state index is -4.53. The van der Waals surface area contributed by atoms with E-state index < -0.39 is 17.8 Å². The smallest absolute Gasteiger partial charge is 0.417 e. The average molecular weight is 469 g/mol. The summed E-state index contributed by atoms with van der Waals surface area (Å²) in [7, 11) is 1.55. The van der Waals surface area contributed by atoms with Crippen LogP contribution < -0.4 is 4.74 Å². The minimum Gasteiger partial charge on any atom is -0.497 e. The number of hydrogen-bond donors (Lipinski definition) is 0. The lowest BCUT2D eigenvalue weighted by Gasteiger charge is -2.46. The summed E-state index contributed by atoms with van der Waals surface area (Å²) in [5, 5.41) is -0.0601. The summed E-state index contributed by atoms with van der Waals surface area (Å²) in [4.78, 5) is 18.6. The summed E-state index contributed by atoms with van der Waals surface area (Å²) in [5.74, 6) is 0.435. The first-order valence-electron chi connectivity index (χ1n) is 10.6. The van der Waals surface area contributed by atoms with E-state index >= 15 is 0 Å². The molecule has 0 bridgehead atoms. The number of rotatable bonds is 5. The fraction of sp³-hybridized carbons (Fsp3) is 0.478. The molecule has 0 saturated heterocycles. The van der Waals surface area contributed by atoms with Crippen LogP contribution >= 0.6 is 11.6 Å². The first-order valence-corrected chi connectivity index (χ1v) is 10.9. The zero-order valence-electron chi connectivity index (χ0n) is 17.7. The Bertz CT molecular complexity index is 972. The van der Waals surface area contributed by atoms with Crippen LogP contribution in [0.25, 0.3) is 0 Å². The number of carbonyl (C=O) groups excluding carboxylic acids is 1. The van der Waals surface area contributed by atoms with Gasteiger partial charge in [-0.3, -0.25) is 9.79 Å². The van der Waals surface area contributed by atoms with Crippen LogP contribution in [0.3, 0.4) is 0 Å². The number of ether oxygens (including phenoxy) is 2. The molecular formula is C23H24ClF3N2O3. The third-order valence-electron chi connectivity index (χ3n) is 6.35. The molecule has 1 saturated carbocycles. The molecule has 9 heteroatoms. The second-order valence-electron chi connectivity index (χ2n) is 8.13. The maximum atomic E-state index is 13.5. The molecule has 2 heterocycles. The van der Waals surface area contributed by atoms with E-state index in [0.29, 0.717) is 24.6 Å². The molecule has 4 rings (SSSR count). The van der Waals surface area contributed by atoms with E-state index in [4.69, 9.17) is 26.1 Å². The Hall–Kier alpha value is -2.48. The second kappa shape index (κ2) is 8.81. The quantitative estimate of drug-likeness (QED) is 0.544. The normalized spacial score (nSPS) is 27.4. The van der Waals surface area contributed by atoms with Crippen molar-refractivity contribution in [3.05, 3.63) is 52.7 Å². The molecule has 5 nitrogen and oxygen atoms in total. The predicted octanol–water partition coefficient (Wildman–Crippen LogP) is 5.38. The van der Waals surface area contributed by atoms with Crippen molar-refractivity contribution in [2.45, 2.75) is 44.4 Å². The number of allylic oxidation sites excluding steroid dienone is 2. The van der Waals surface area contributed by atoms with Gasteiger partial charge in [-0.25, -0.2) is 0 Å². The highest BCUT2D eigenvalue weighted by Crippen LogP contribution is 2.47. The van der Waals surface area contributed by atoms with Gasteiger partial charge in [0.05, 0.1) is 42.3 Å². The lowest BCUT2D eigenvalue weighted by molar-refractivity contribution is -0.155. The Morgan fingerprint density at radius 2 is 1.97 bits per heavy atom. The topological polar surface area (TPSA) is 51.1 Å². The Balaban J connectivity index is 1.71. The largest absolute Gasteiger partial charge is 0.497 e. The molecule has 4 atom stereocenters. The van der Waals surface area contributed by atoms with E-state index in [1.54, 1.807) is 26.2 Å². The molecule has 0 N–H and O–H groups in total. The number of hydrogen-bond acceptors (Lipinski definition) is 5. The third kappa shape index (κ3) is 4.25. The molecule has 1 aliphatic carbocycles. The van der Waals surface area contributed by atoms with Crippen LogP contribution in [0.1, 0.15) is 37.8 Å². The Morgan fingerprint density at radius 1 is 1.25 bits per heavy atom. The van der Waals surface area contributed by atoms with Crippen LogP contribution in [-0.4, -0.2) is 42.6 Å². The van der Waals surface area contributed by atoms with Crippen molar-refractivity contribution in [2.24, 2.45) is 16.8 Å². The molecule has 0 spiro atoms. The van der Waals surface area contributed by atoms with Crippen molar-refractivity contribution < 1.29 is 27.4 Å². The predicted molar refractivity (Wildman–Crippen MR) is 114 cm³/mol. The van der Waals surface area contributed by atoms with Gasteiger partial charge in [0.15, 0.2) is 0 Å². The number of aliphatic imine (C=N–C) groups is 1. The summed E-state index contributed by atoms with van der Waals surface area (Å²) < 4.78 is 50.8. The molecule has 3 aliphatic rings. The van der Waals surface area contributed by atoms with E-state index in [1.807, 2.05) is 12.1 Å². The fourth-order valence-electron chi connectivity index (χ4n) is 4.57. The lowest BCUT2D eigenvalue weighted by atomic mass is 9.68. The van der Waals surface area contributed by atoms with Crippen LogP contribution in [0, 0.1) is 11.8 Å². The third-order valence-corrected chi connectivity index (χ3v) is 6.62. The summed E-state index contributed by atoms with van der Waals surface area (Å²) in [5.41, 5.74) is -0.00851. The van der Waals surface area contributed by atoms with Gasteiger partial charge in [0.25, 0.3) is 0 Å². The van der Waals surface area contributed by atoms with Crippen molar-refractivity contribution in [1.29, 1.82) is 0 Å². The van der Waals surface area contributed by atoms with Crippen LogP contribution in [0.15, 0.2) is 52.1 Å². The molecule has 0 amide bonds. The number of esters is 1. The monoisotopic (exact) mass is 468 g/mol. The average Bonchev–Trinajstić information content (AvgIpc) is 2.72. The SMILES string of the molecule is CCOC(=O)C1CCC1C1CC(c2ccc(OC)cc2)N2C=C(C(F)(F)F)C=C(Cl)C2=N1. The van der Waals surface area contributed by atoms with Crippen molar-refractivity contribution in [1.82, 2.24) is 4.90 Å². The number of methoxy groups -OCH3 is 1. The standard InChI is InChI=1S/C23H24ClF3N2O3/c1-3-32-22(30)17-9-8-16(17)19-11-20(13-4-6-15(31-2)7-5-13)29-12-14(23(25,26)27)10-18(24)21(29)28-19/h4-7,10,12,16-17,19-20H,3,8-9,11H2,1-2H3. The molecule has 1 fully saturated rings. The maximum Gasteiger partial charge on any atom is 0.417 e. The summed E-state index contributed by atoms with van der Waals surface area (Å²) in [6, 6.07) is 6.55. The summed E-state index contributed by atoms with van der Waals surface area (Å²) in [6.07, 6.45) is -0.555. The molecular weight excluding hydrogens is 445 g/mol. The first kappa shape index (κ1) is 22.7. The number of benzene rings is 1. The Morgan fingerprint density at radius 3 is 2.53 bits per heavy atom. The molecule has 0 aromatic heterocycles. The number of amidine groups is 1. The van der Waals surface area contributed by atoms with Gasteiger partial charge >= 0.3 is 12.1 Å². The summed E-state index contributed by atoms with van der Waals surface area (Å²) >= 11 is 6.31. The van der Waals surface area contributed by atoms with Crippen molar-refractivity contribution in [3.8, 4) is 5.75 Å². The van der Waals surface area contributed by atoms with Crippen molar-refractivity contribution in [2.75, 3.05) is 13.7 Å². The molecule has 2 aliphatic heterocycles. The Kier molecular flexibility index (Phi) is 6.25. The highest BCUT2D eigenvalue weighted by Gasteiger charge is 2.47. The van der Waals surface area contributed by atoms with Gasteiger partial charge < -0.3 is 14.4 Å². The number of halogens is 4. The first-order chi connectivity index (χ1) is 15.2. The van der Waals surface area contributed by atoms with E-state index in [9.17, 15) is 18.0 Å². The van der Waals surface area contributed by atoms with Gasteiger partial charge in [-0.1, -0.05) is 23.7 Å². The van der Waals surface area contributed by atoms with Crippen molar-refractivity contribution in [3.63, 3.8) is 0 Å². The van der Waals surface area contributed by atoms with Crippen LogP contribution in [-0.2, 0) is 9.53 Å². The highest BCUT2D eigenvalue weighted by atomic mass is 35.5. The fourth-order valence-corrected chi connectivity index (χ4v) is 4.83. The van der Waals surface area contributed by atoms with Gasteiger partial charge in [-0.15, -0.1) is 0 Å². The van der Waals surface area contributed by atoms with Crippen LogP contribution in [0.2, 0.25) is 0 Å². The molecule has 4 unspecified atom stereocenters. The van der Waals surface area contributed by atoms with E-state index in [1.165, 1.54) is 4.90 Å². The van der Waals surface area contributed by atoms with Gasteiger partial charge in [-0.2, -0.15) is 13.2 Å². The Labute approximate surface area is 189 Å². The van der Waals surface area contributed by atoms with E-state index in [2.05, 4.69) is 0 Å². The zero-order chi connectivity index (χ0) is 23.0. The van der Waals surface area contributed by atoms with Gasteiger partial charge in [0.1, 0.15) is 11.6 Å². The summed E-state index contributed by atoms with van der Waals surface area (Å²) in [6.45, 7) is 2.07. The van der Waals surface area contributed by atoms with Crippen LogP contribution in [0.4, 0.5) is 13.2 Å². The van der Waals surface area contributed by atoms with Crippen LogP contribution in [0.5, 0.6) is 5.75 Å². The molecule has 1 aromatic rings. The number of alkyl halides is 3. The maximum absolute atomic E-state index is 13.5. The molecule has 32 heavy (non-hydrogen) atoms. The van der Waals surface area contributed by atoms with Gasteiger partial charge in [0.2, 0.25) is 0 Å². The molecule has 172 valence electrons. The molecule has 1 aromatic carbocycles. The zero-order valence-corrected chi connectivity index (χ0v) is 18.5. The number of nitrogens with zero attached hydrogens (tertiary/aromatic N) is 2. The van der Waals surface area contributed by atoms with Crippen molar-refractivity contribution >= 4 is 23.4 Å². The second-order valence-corrected chi connectivity index (χ2v) is 8.53. The van der Waals surface area contributed by atoms with Gasteiger partial charge in [0, 0.05) is 6.20 Å². The van der Waals surface area contributed by atoms with E-state index in [0.717, 1.165) is 30.7 Å². The van der Waals surface area contributed by atoms with E-state index in [-0.39, 0.29) is 28.9 Å². The number of fused-ring (bicyclic) bond motifs is 1. The lowest BCUT2D eigenvalue weighted by Crippen LogP contribution is -2.47. The minimum absolute atomic E-state index is 0.0260. The number of carbonyl (C=O) groups is 1. The highest BCUT2D eigenvalue weighted by molar-refractivity contribution is 6.43. The molecule has 0 radical (unpaired) electrons.